The Bertz CT molecular complexity index is 708. The zero-order valence-corrected chi connectivity index (χ0v) is 16.0. The fraction of sp³-hybridized carbons (Fsp3) is 0.571. The van der Waals surface area contributed by atoms with Crippen LogP contribution < -0.4 is 5.32 Å². The smallest absolute Gasteiger partial charge is 0.409 e. The summed E-state index contributed by atoms with van der Waals surface area (Å²) in [6.07, 6.45) is 4.86. The van der Waals surface area contributed by atoms with Gasteiger partial charge < -0.3 is 15.0 Å². The Kier molecular flexibility index (Phi) is 6.48. The number of nitrogens with one attached hydrogen (secondary N) is 1. The number of Topliss-reactive ketones (excluding diaryl/α,β-unsaturated/α-hetero) is 1. The van der Waals surface area contributed by atoms with Crippen LogP contribution in [0.3, 0.4) is 0 Å². The number of benzene rings is 1. The van der Waals surface area contributed by atoms with Crippen molar-refractivity contribution in [1.29, 1.82) is 0 Å². The van der Waals surface area contributed by atoms with Gasteiger partial charge in [0.15, 0.2) is 5.78 Å². The second-order valence-electron chi connectivity index (χ2n) is 7.29. The van der Waals surface area contributed by atoms with Gasteiger partial charge in [0.25, 0.3) is 0 Å². The highest BCUT2D eigenvalue weighted by molar-refractivity contribution is 5.98. The van der Waals surface area contributed by atoms with Gasteiger partial charge in [-0.05, 0) is 56.2 Å². The second-order valence-corrected chi connectivity index (χ2v) is 7.29. The minimum atomic E-state index is -0.290. The molecule has 0 unspecified atom stereocenters. The van der Waals surface area contributed by atoms with Crippen molar-refractivity contribution < 1.29 is 19.1 Å². The van der Waals surface area contributed by atoms with Crippen LogP contribution >= 0.6 is 0 Å². The van der Waals surface area contributed by atoms with Gasteiger partial charge in [-0.15, -0.1) is 0 Å². The van der Waals surface area contributed by atoms with E-state index in [-0.39, 0.29) is 36.7 Å². The molecule has 1 aromatic carbocycles. The molecular formula is C21H28N2O4. The molecule has 1 saturated heterocycles. The molecule has 0 radical (unpaired) electrons. The van der Waals surface area contributed by atoms with Crippen LogP contribution in [0, 0.1) is 0 Å². The third kappa shape index (κ3) is 5.08. The van der Waals surface area contributed by atoms with Gasteiger partial charge in [0.2, 0.25) is 5.91 Å². The first kappa shape index (κ1) is 19.4. The summed E-state index contributed by atoms with van der Waals surface area (Å²) in [5.41, 5.74) is 3.34. The zero-order chi connectivity index (χ0) is 19.2. The summed E-state index contributed by atoms with van der Waals surface area (Å²) in [4.78, 5) is 37.9. The summed E-state index contributed by atoms with van der Waals surface area (Å²) in [6.45, 7) is 3.32. The number of carbonyl (C=O) groups is 3. The van der Waals surface area contributed by atoms with Crippen LogP contribution in [-0.2, 0) is 22.4 Å². The van der Waals surface area contributed by atoms with Gasteiger partial charge in [-0.2, -0.15) is 0 Å². The fourth-order valence-electron chi connectivity index (χ4n) is 3.84. The first-order chi connectivity index (χ1) is 13.1. The molecule has 6 nitrogen and oxygen atoms in total. The number of ether oxygens (including phenoxy) is 1. The number of aryl methyl sites for hydroxylation is 2. The molecule has 3 rings (SSSR count). The van der Waals surface area contributed by atoms with E-state index in [1.807, 2.05) is 18.2 Å². The van der Waals surface area contributed by atoms with Crippen LogP contribution in [0.15, 0.2) is 18.2 Å². The van der Waals surface area contributed by atoms with Crippen molar-refractivity contribution in [1.82, 2.24) is 10.2 Å². The molecule has 2 amide bonds. The molecule has 1 fully saturated rings. The molecule has 1 N–H and O–H groups in total. The van der Waals surface area contributed by atoms with Crippen LogP contribution in [0.5, 0.6) is 0 Å². The number of carbonyl (C=O) groups excluding carboxylic acids is 3. The van der Waals surface area contributed by atoms with Crippen LogP contribution in [0.2, 0.25) is 0 Å². The third-order valence-electron chi connectivity index (χ3n) is 5.39. The Labute approximate surface area is 160 Å². The maximum atomic E-state index is 12.4. The normalized spacial score (nSPS) is 16.7. The minimum Gasteiger partial charge on any atom is -0.450 e. The third-order valence-corrected chi connectivity index (χ3v) is 5.39. The van der Waals surface area contributed by atoms with Crippen molar-refractivity contribution in [3.63, 3.8) is 0 Å². The summed E-state index contributed by atoms with van der Waals surface area (Å²) in [5, 5.41) is 2.99. The highest BCUT2D eigenvalue weighted by Gasteiger charge is 2.24. The van der Waals surface area contributed by atoms with E-state index in [9.17, 15) is 14.4 Å². The molecule has 0 atom stereocenters. The summed E-state index contributed by atoms with van der Waals surface area (Å²) in [5.74, 6) is -0.0731. The van der Waals surface area contributed by atoms with E-state index in [0.717, 1.165) is 19.3 Å². The number of nitrogens with zero attached hydrogens (tertiary/aromatic N) is 1. The van der Waals surface area contributed by atoms with E-state index in [1.54, 1.807) is 11.8 Å². The second kappa shape index (κ2) is 9.02. The molecule has 27 heavy (non-hydrogen) atoms. The van der Waals surface area contributed by atoms with E-state index < -0.39 is 0 Å². The SMILES string of the molecule is CCOC(=O)N1CCC(NC(=O)CCC(=O)c2ccc3c(c2)CCC3)CC1. The molecule has 0 spiro atoms. The van der Waals surface area contributed by atoms with E-state index in [2.05, 4.69) is 5.32 Å². The van der Waals surface area contributed by atoms with Crippen molar-refractivity contribution in [3.8, 4) is 0 Å². The van der Waals surface area contributed by atoms with Gasteiger partial charge in [-0.3, -0.25) is 9.59 Å². The summed E-state index contributed by atoms with van der Waals surface area (Å²) >= 11 is 0. The summed E-state index contributed by atoms with van der Waals surface area (Å²) in [7, 11) is 0. The molecule has 0 aromatic heterocycles. The predicted octanol–water partition coefficient (Wildman–Crippen LogP) is 2.88. The van der Waals surface area contributed by atoms with Crippen LogP contribution in [0.4, 0.5) is 4.79 Å². The largest absolute Gasteiger partial charge is 0.450 e. The molecule has 2 aliphatic rings. The summed E-state index contributed by atoms with van der Waals surface area (Å²) < 4.78 is 4.99. The number of hydrogen-bond donors (Lipinski definition) is 1. The highest BCUT2D eigenvalue weighted by Crippen LogP contribution is 2.23. The maximum absolute atomic E-state index is 12.4. The molecule has 0 bridgehead atoms. The Morgan fingerprint density at radius 1 is 1.11 bits per heavy atom. The number of hydrogen-bond acceptors (Lipinski definition) is 4. The standard InChI is InChI=1S/C21H28N2O4/c1-2-27-21(26)23-12-10-18(11-13-23)22-20(25)9-8-19(24)17-7-6-15-4-3-5-16(15)14-17/h6-7,14,18H,2-5,8-13H2,1H3,(H,22,25). The van der Waals surface area contributed by atoms with Crippen LogP contribution in [0.25, 0.3) is 0 Å². The summed E-state index contributed by atoms with van der Waals surface area (Å²) in [6, 6.07) is 5.98. The molecule has 146 valence electrons. The van der Waals surface area contributed by atoms with E-state index >= 15 is 0 Å². The lowest BCUT2D eigenvalue weighted by Gasteiger charge is -2.31. The molecule has 1 aliphatic heterocycles. The molecule has 0 saturated carbocycles. The Morgan fingerprint density at radius 3 is 2.59 bits per heavy atom. The Morgan fingerprint density at radius 2 is 1.85 bits per heavy atom. The Balaban J connectivity index is 1.40. The zero-order valence-electron chi connectivity index (χ0n) is 16.0. The predicted molar refractivity (Wildman–Crippen MR) is 102 cm³/mol. The van der Waals surface area contributed by atoms with Crippen LogP contribution in [0.1, 0.15) is 60.5 Å². The van der Waals surface area contributed by atoms with Crippen molar-refractivity contribution >= 4 is 17.8 Å². The van der Waals surface area contributed by atoms with Gasteiger partial charge in [0, 0.05) is 37.5 Å². The highest BCUT2D eigenvalue weighted by atomic mass is 16.6. The van der Waals surface area contributed by atoms with Crippen LogP contribution in [-0.4, -0.2) is 48.4 Å². The van der Waals surface area contributed by atoms with E-state index in [0.29, 0.717) is 38.1 Å². The topological polar surface area (TPSA) is 75.7 Å². The van der Waals surface area contributed by atoms with Gasteiger partial charge in [0.05, 0.1) is 6.61 Å². The first-order valence-corrected chi connectivity index (χ1v) is 9.93. The fourth-order valence-corrected chi connectivity index (χ4v) is 3.84. The minimum absolute atomic E-state index is 0.0250. The number of piperidine rings is 1. The van der Waals surface area contributed by atoms with Gasteiger partial charge in [0.1, 0.15) is 0 Å². The maximum Gasteiger partial charge on any atom is 0.409 e. The van der Waals surface area contributed by atoms with E-state index in [1.165, 1.54) is 11.1 Å². The number of rotatable bonds is 6. The molecular weight excluding hydrogens is 344 g/mol. The quantitative estimate of drug-likeness (QED) is 0.779. The van der Waals surface area contributed by atoms with Crippen molar-refractivity contribution in [3.05, 3.63) is 34.9 Å². The molecule has 6 heteroatoms. The average molecular weight is 372 g/mol. The lowest BCUT2D eigenvalue weighted by atomic mass is 10.0. The van der Waals surface area contributed by atoms with Gasteiger partial charge >= 0.3 is 6.09 Å². The first-order valence-electron chi connectivity index (χ1n) is 9.93. The van der Waals surface area contributed by atoms with Gasteiger partial charge in [-0.1, -0.05) is 12.1 Å². The Hall–Kier alpha value is -2.37. The monoisotopic (exact) mass is 372 g/mol. The molecule has 1 aliphatic carbocycles. The number of amides is 2. The van der Waals surface area contributed by atoms with Gasteiger partial charge in [-0.25, -0.2) is 4.79 Å². The molecule has 1 aromatic rings. The van der Waals surface area contributed by atoms with Crippen molar-refractivity contribution in [2.75, 3.05) is 19.7 Å². The average Bonchev–Trinajstić information content (AvgIpc) is 3.14. The molecule has 1 heterocycles. The number of ketones is 1. The van der Waals surface area contributed by atoms with Crippen molar-refractivity contribution in [2.24, 2.45) is 0 Å². The lowest BCUT2D eigenvalue weighted by Crippen LogP contribution is -2.46. The number of fused-ring (bicyclic) bond motifs is 1. The lowest BCUT2D eigenvalue weighted by molar-refractivity contribution is -0.122. The number of likely N-dealkylation sites (tertiary alicyclic amines) is 1. The van der Waals surface area contributed by atoms with Crippen molar-refractivity contribution in [2.45, 2.75) is 57.9 Å². The van der Waals surface area contributed by atoms with E-state index in [4.69, 9.17) is 4.74 Å².